The average Bonchev–Trinajstić information content (AvgIpc) is 2.72. The van der Waals surface area contributed by atoms with Gasteiger partial charge in [-0.3, -0.25) is 4.79 Å². The quantitative estimate of drug-likeness (QED) is 0.797. The Bertz CT molecular complexity index is 433. The number of carbonyl (C=O) groups excluding carboxylic acids is 1. The van der Waals surface area contributed by atoms with Gasteiger partial charge in [-0.05, 0) is 18.6 Å². The van der Waals surface area contributed by atoms with E-state index in [-0.39, 0.29) is 18.5 Å². The molecule has 0 spiro atoms. The van der Waals surface area contributed by atoms with Crippen LogP contribution in [0.3, 0.4) is 0 Å². The Labute approximate surface area is 99.6 Å². The van der Waals surface area contributed by atoms with Crippen molar-refractivity contribution in [1.29, 1.82) is 0 Å². The van der Waals surface area contributed by atoms with Crippen LogP contribution in [0.25, 0.3) is 0 Å². The Morgan fingerprint density at radius 2 is 2.06 bits per heavy atom. The van der Waals surface area contributed by atoms with E-state index in [9.17, 15) is 4.79 Å². The Balaban J connectivity index is 2.38. The van der Waals surface area contributed by atoms with Crippen molar-refractivity contribution in [3.05, 3.63) is 17.7 Å². The molecule has 0 fully saturated rings. The average molecular weight is 239 g/mol. The summed E-state index contributed by atoms with van der Waals surface area (Å²) in [5.74, 6) is 1.54. The lowest BCUT2D eigenvalue weighted by atomic mass is 10.1. The monoisotopic (exact) mass is 239 g/mol. The maximum atomic E-state index is 11.5. The fraction of sp³-hybridized carbons (Fsp3) is 0.364. The first-order valence-corrected chi connectivity index (χ1v) is 5.54. The molecule has 0 unspecified atom stereocenters. The standard InChI is InChI=1S/C11H13NO3S/c1-7-3-9-10(15-6-14-9)4-8(7)12(2)11(13)5-16/h3-4,16H,5-6H2,1-2H3. The lowest BCUT2D eigenvalue weighted by molar-refractivity contribution is -0.115. The Hall–Kier alpha value is -1.36. The third-order valence-electron chi connectivity index (χ3n) is 2.56. The van der Waals surface area contributed by atoms with Crippen LogP contribution in [0.2, 0.25) is 0 Å². The Kier molecular flexibility index (Phi) is 2.96. The molecule has 1 aliphatic rings. The molecular formula is C11H13NO3S. The third kappa shape index (κ3) is 1.82. The van der Waals surface area contributed by atoms with Crippen molar-refractivity contribution in [3.63, 3.8) is 0 Å². The molecule has 16 heavy (non-hydrogen) atoms. The molecule has 2 rings (SSSR count). The molecule has 86 valence electrons. The van der Waals surface area contributed by atoms with E-state index >= 15 is 0 Å². The van der Waals surface area contributed by atoms with Crippen LogP contribution in [0.5, 0.6) is 11.5 Å². The summed E-state index contributed by atoms with van der Waals surface area (Å²) in [6.07, 6.45) is 0. The van der Waals surface area contributed by atoms with Gasteiger partial charge in [0.05, 0.1) is 11.4 Å². The molecule has 4 nitrogen and oxygen atoms in total. The van der Waals surface area contributed by atoms with Crippen molar-refractivity contribution in [1.82, 2.24) is 0 Å². The van der Waals surface area contributed by atoms with Gasteiger partial charge in [-0.2, -0.15) is 12.6 Å². The molecule has 0 atom stereocenters. The van der Waals surface area contributed by atoms with E-state index in [2.05, 4.69) is 12.6 Å². The first-order chi connectivity index (χ1) is 7.63. The zero-order chi connectivity index (χ0) is 11.7. The molecule has 0 radical (unpaired) electrons. The highest BCUT2D eigenvalue weighted by Gasteiger charge is 2.19. The first-order valence-electron chi connectivity index (χ1n) is 4.91. The van der Waals surface area contributed by atoms with E-state index in [1.54, 1.807) is 11.9 Å². The summed E-state index contributed by atoms with van der Waals surface area (Å²) in [6, 6.07) is 3.69. The summed E-state index contributed by atoms with van der Waals surface area (Å²) in [7, 11) is 1.73. The van der Waals surface area contributed by atoms with Gasteiger partial charge in [0.2, 0.25) is 12.7 Å². The van der Waals surface area contributed by atoms with Gasteiger partial charge in [0.15, 0.2) is 11.5 Å². The van der Waals surface area contributed by atoms with Gasteiger partial charge in [-0.1, -0.05) is 0 Å². The number of hydrogen-bond acceptors (Lipinski definition) is 4. The normalized spacial score (nSPS) is 12.7. The van der Waals surface area contributed by atoms with Crippen molar-refractivity contribution >= 4 is 24.2 Å². The van der Waals surface area contributed by atoms with Crippen LogP contribution in [-0.4, -0.2) is 25.5 Å². The molecule has 1 aromatic carbocycles. The van der Waals surface area contributed by atoms with E-state index in [4.69, 9.17) is 9.47 Å². The molecule has 0 saturated carbocycles. The molecule has 1 amide bonds. The van der Waals surface area contributed by atoms with Crippen molar-refractivity contribution < 1.29 is 14.3 Å². The van der Waals surface area contributed by atoms with Crippen molar-refractivity contribution in [2.75, 3.05) is 24.5 Å². The van der Waals surface area contributed by atoms with E-state index < -0.39 is 0 Å². The minimum absolute atomic E-state index is 0.0506. The Morgan fingerprint density at radius 1 is 1.44 bits per heavy atom. The number of carbonyl (C=O) groups is 1. The summed E-state index contributed by atoms with van der Waals surface area (Å²) >= 11 is 3.97. The van der Waals surface area contributed by atoms with E-state index in [1.807, 2.05) is 19.1 Å². The van der Waals surface area contributed by atoms with Gasteiger partial charge in [-0.15, -0.1) is 0 Å². The predicted molar refractivity (Wildman–Crippen MR) is 64.6 cm³/mol. The van der Waals surface area contributed by atoms with Gasteiger partial charge < -0.3 is 14.4 Å². The van der Waals surface area contributed by atoms with Crippen molar-refractivity contribution in [2.45, 2.75) is 6.92 Å². The summed E-state index contributed by atoms with van der Waals surface area (Å²) in [4.78, 5) is 13.1. The highest BCUT2D eigenvalue weighted by atomic mass is 32.1. The van der Waals surface area contributed by atoms with Crippen LogP contribution in [-0.2, 0) is 4.79 Å². The second-order valence-electron chi connectivity index (χ2n) is 3.60. The molecule has 0 aromatic heterocycles. The van der Waals surface area contributed by atoms with Crippen LogP contribution < -0.4 is 14.4 Å². The molecule has 0 bridgehead atoms. The number of benzene rings is 1. The number of amides is 1. The molecule has 1 aromatic rings. The lowest BCUT2D eigenvalue weighted by Crippen LogP contribution is -2.27. The van der Waals surface area contributed by atoms with Gasteiger partial charge >= 0.3 is 0 Å². The Morgan fingerprint density at radius 3 is 2.69 bits per heavy atom. The molecule has 1 aliphatic heterocycles. The lowest BCUT2D eigenvalue weighted by Gasteiger charge is -2.19. The number of hydrogen-bond donors (Lipinski definition) is 1. The maximum Gasteiger partial charge on any atom is 0.236 e. The van der Waals surface area contributed by atoms with Gasteiger partial charge in [0, 0.05) is 13.1 Å². The molecule has 1 heterocycles. The van der Waals surface area contributed by atoms with Crippen LogP contribution in [0.15, 0.2) is 12.1 Å². The maximum absolute atomic E-state index is 11.5. The second kappa shape index (κ2) is 4.25. The van der Waals surface area contributed by atoms with Gasteiger partial charge in [-0.25, -0.2) is 0 Å². The summed E-state index contributed by atoms with van der Waals surface area (Å²) in [6.45, 7) is 2.17. The largest absolute Gasteiger partial charge is 0.454 e. The highest BCUT2D eigenvalue weighted by Crippen LogP contribution is 2.37. The summed E-state index contributed by atoms with van der Waals surface area (Å²) < 4.78 is 10.5. The van der Waals surface area contributed by atoms with Crippen LogP contribution in [0.1, 0.15) is 5.56 Å². The van der Waals surface area contributed by atoms with Crippen molar-refractivity contribution in [3.8, 4) is 11.5 Å². The van der Waals surface area contributed by atoms with E-state index in [0.717, 1.165) is 17.0 Å². The zero-order valence-corrected chi connectivity index (χ0v) is 10.1. The number of nitrogens with zero attached hydrogens (tertiary/aromatic N) is 1. The molecule has 0 N–H and O–H groups in total. The number of rotatable bonds is 2. The summed E-state index contributed by atoms with van der Waals surface area (Å²) in [5.41, 5.74) is 1.80. The SMILES string of the molecule is Cc1cc2c(cc1N(C)C(=O)CS)OCO2. The number of ether oxygens (including phenoxy) is 2. The predicted octanol–water partition coefficient (Wildman–Crippen LogP) is 1.62. The van der Waals surface area contributed by atoms with E-state index in [0.29, 0.717) is 5.75 Å². The van der Waals surface area contributed by atoms with Crippen LogP contribution in [0, 0.1) is 6.92 Å². The topological polar surface area (TPSA) is 38.8 Å². The second-order valence-corrected chi connectivity index (χ2v) is 3.92. The molecule has 5 heteroatoms. The highest BCUT2D eigenvalue weighted by molar-refractivity contribution is 7.81. The smallest absolute Gasteiger partial charge is 0.236 e. The third-order valence-corrected chi connectivity index (χ3v) is 2.83. The molecular weight excluding hydrogens is 226 g/mol. The number of thiol groups is 1. The van der Waals surface area contributed by atoms with E-state index in [1.165, 1.54) is 0 Å². The number of anilines is 1. The zero-order valence-electron chi connectivity index (χ0n) is 9.19. The number of fused-ring (bicyclic) bond motifs is 1. The fourth-order valence-corrected chi connectivity index (χ4v) is 1.85. The first kappa shape index (κ1) is 11.1. The van der Waals surface area contributed by atoms with Crippen LogP contribution in [0.4, 0.5) is 5.69 Å². The molecule has 0 saturated heterocycles. The van der Waals surface area contributed by atoms with Gasteiger partial charge in [0.1, 0.15) is 0 Å². The van der Waals surface area contributed by atoms with Gasteiger partial charge in [0.25, 0.3) is 0 Å². The minimum Gasteiger partial charge on any atom is -0.454 e. The minimum atomic E-state index is -0.0506. The number of aryl methyl sites for hydroxylation is 1. The van der Waals surface area contributed by atoms with Crippen molar-refractivity contribution in [2.24, 2.45) is 0 Å². The molecule has 0 aliphatic carbocycles. The fourth-order valence-electron chi connectivity index (χ4n) is 1.63. The van der Waals surface area contributed by atoms with Crippen LogP contribution >= 0.6 is 12.6 Å². The summed E-state index contributed by atoms with van der Waals surface area (Å²) in [5, 5.41) is 0.